The second-order valence-electron chi connectivity index (χ2n) is 5.13. The minimum atomic E-state index is -0.892. The monoisotopic (exact) mass is 252 g/mol. The number of hydrogen-bond acceptors (Lipinski definition) is 3. The van der Waals surface area contributed by atoms with Crippen LogP contribution in [0, 0.1) is 5.92 Å². The van der Waals surface area contributed by atoms with Gasteiger partial charge in [-0.2, -0.15) is 0 Å². The summed E-state index contributed by atoms with van der Waals surface area (Å²) < 4.78 is 0. The second-order valence-corrected chi connectivity index (χ2v) is 5.13. The van der Waals surface area contributed by atoms with Gasteiger partial charge in [0.05, 0.1) is 5.92 Å². The first-order valence-electron chi connectivity index (χ1n) is 6.57. The van der Waals surface area contributed by atoms with Crippen molar-refractivity contribution >= 4 is 11.9 Å². The zero-order valence-electron chi connectivity index (χ0n) is 10.4. The van der Waals surface area contributed by atoms with Crippen molar-refractivity contribution in [3.63, 3.8) is 0 Å². The number of nitrogens with two attached hydrogens (primary N) is 1. The van der Waals surface area contributed by atoms with E-state index >= 15 is 0 Å². The van der Waals surface area contributed by atoms with E-state index in [2.05, 4.69) is 0 Å². The maximum Gasteiger partial charge on any atom is 0.326 e. The lowest BCUT2D eigenvalue weighted by Gasteiger charge is -2.29. The van der Waals surface area contributed by atoms with Crippen molar-refractivity contribution in [1.29, 1.82) is 0 Å². The Balaban J connectivity index is 2.10. The van der Waals surface area contributed by atoms with E-state index in [1.165, 1.54) is 0 Å². The van der Waals surface area contributed by atoms with Gasteiger partial charge in [-0.05, 0) is 19.3 Å². The molecule has 3 unspecified atom stereocenters. The van der Waals surface area contributed by atoms with Gasteiger partial charge in [0.15, 0.2) is 0 Å². The van der Waals surface area contributed by atoms with Crippen LogP contribution in [0.15, 0.2) is 12.2 Å². The van der Waals surface area contributed by atoms with Crippen molar-refractivity contribution in [3.8, 4) is 0 Å². The molecule has 1 fully saturated rings. The number of rotatable bonds is 2. The largest absolute Gasteiger partial charge is 0.480 e. The molecule has 0 aromatic heterocycles. The number of amides is 1. The number of nitrogens with zero attached hydrogens (tertiary/aromatic N) is 1. The predicted molar refractivity (Wildman–Crippen MR) is 66.8 cm³/mol. The van der Waals surface area contributed by atoms with E-state index in [1.54, 1.807) is 4.90 Å². The standard InChI is InChI=1S/C13H20N2O3/c14-10-6-5-9(8-10)12(16)15-7-3-1-2-4-11(15)13(17)18/h5-6,9-11H,1-4,7-8,14H2,(H,17,18). The quantitative estimate of drug-likeness (QED) is 0.710. The summed E-state index contributed by atoms with van der Waals surface area (Å²) in [7, 11) is 0. The average Bonchev–Trinajstić information content (AvgIpc) is 2.63. The lowest BCUT2D eigenvalue weighted by Crippen LogP contribution is -2.47. The molecule has 0 aromatic carbocycles. The van der Waals surface area contributed by atoms with Gasteiger partial charge in [-0.15, -0.1) is 0 Å². The van der Waals surface area contributed by atoms with Crippen molar-refractivity contribution in [2.75, 3.05) is 6.54 Å². The number of carbonyl (C=O) groups excluding carboxylic acids is 1. The summed E-state index contributed by atoms with van der Waals surface area (Å²) in [5, 5.41) is 9.24. The van der Waals surface area contributed by atoms with E-state index in [0.29, 0.717) is 19.4 Å². The maximum atomic E-state index is 12.4. The molecular formula is C13H20N2O3. The van der Waals surface area contributed by atoms with E-state index in [-0.39, 0.29) is 17.9 Å². The van der Waals surface area contributed by atoms with Crippen molar-refractivity contribution in [1.82, 2.24) is 4.90 Å². The molecular weight excluding hydrogens is 232 g/mol. The number of hydrogen-bond donors (Lipinski definition) is 2. The smallest absolute Gasteiger partial charge is 0.326 e. The minimum Gasteiger partial charge on any atom is -0.480 e. The number of carbonyl (C=O) groups is 2. The second kappa shape index (κ2) is 5.52. The fourth-order valence-corrected chi connectivity index (χ4v) is 2.75. The fourth-order valence-electron chi connectivity index (χ4n) is 2.75. The van der Waals surface area contributed by atoms with Crippen molar-refractivity contribution < 1.29 is 14.7 Å². The van der Waals surface area contributed by atoms with Crippen LogP contribution in [0.5, 0.6) is 0 Å². The third-order valence-corrected chi connectivity index (χ3v) is 3.75. The summed E-state index contributed by atoms with van der Waals surface area (Å²) in [4.78, 5) is 25.2. The Morgan fingerprint density at radius 1 is 1.22 bits per heavy atom. The van der Waals surface area contributed by atoms with Crippen LogP contribution in [-0.4, -0.2) is 40.5 Å². The molecule has 1 aliphatic heterocycles. The van der Waals surface area contributed by atoms with Crippen LogP contribution in [0.4, 0.5) is 0 Å². The van der Waals surface area contributed by atoms with Gasteiger partial charge in [0.25, 0.3) is 0 Å². The Morgan fingerprint density at radius 2 is 2.00 bits per heavy atom. The fraction of sp³-hybridized carbons (Fsp3) is 0.692. The zero-order valence-corrected chi connectivity index (χ0v) is 10.4. The molecule has 5 heteroatoms. The Hall–Kier alpha value is -1.36. The molecule has 1 heterocycles. The van der Waals surface area contributed by atoms with Gasteiger partial charge < -0.3 is 15.7 Å². The molecule has 1 saturated heterocycles. The van der Waals surface area contributed by atoms with Crippen molar-refractivity contribution in [2.45, 2.75) is 44.2 Å². The van der Waals surface area contributed by atoms with Crippen LogP contribution >= 0.6 is 0 Å². The molecule has 3 N–H and O–H groups in total. The summed E-state index contributed by atoms with van der Waals surface area (Å²) in [5.41, 5.74) is 5.74. The topological polar surface area (TPSA) is 83.6 Å². The van der Waals surface area contributed by atoms with Crippen molar-refractivity contribution in [3.05, 3.63) is 12.2 Å². The molecule has 0 saturated carbocycles. The van der Waals surface area contributed by atoms with Gasteiger partial charge in [-0.25, -0.2) is 4.79 Å². The first kappa shape index (κ1) is 13.1. The molecule has 2 aliphatic rings. The third-order valence-electron chi connectivity index (χ3n) is 3.75. The van der Waals surface area contributed by atoms with Gasteiger partial charge in [0.1, 0.15) is 6.04 Å². The van der Waals surface area contributed by atoms with Crippen molar-refractivity contribution in [2.24, 2.45) is 11.7 Å². The molecule has 0 aromatic rings. The number of aliphatic carboxylic acids is 1. The summed E-state index contributed by atoms with van der Waals surface area (Å²) in [6.45, 7) is 0.551. The molecule has 100 valence electrons. The number of likely N-dealkylation sites (tertiary alicyclic amines) is 1. The van der Waals surface area contributed by atoms with E-state index in [4.69, 9.17) is 5.73 Å². The predicted octanol–water partition coefficient (Wildman–Crippen LogP) is 0.746. The first-order valence-corrected chi connectivity index (χ1v) is 6.57. The van der Waals surface area contributed by atoms with Gasteiger partial charge in [0, 0.05) is 12.6 Å². The van der Waals surface area contributed by atoms with E-state index in [0.717, 1.165) is 19.3 Å². The Bertz CT molecular complexity index is 367. The molecule has 2 rings (SSSR count). The Kier molecular flexibility index (Phi) is 4.01. The number of carboxylic acid groups (broad SMARTS) is 1. The lowest BCUT2D eigenvalue weighted by atomic mass is 10.0. The molecule has 0 radical (unpaired) electrons. The normalized spacial score (nSPS) is 32.3. The van der Waals surface area contributed by atoms with Crippen LogP contribution in [0.25, 0.3) is 0 Å². The van der Waals surface area contributed by atoms with Gasteiger partial charge in [-0.3, -0.25) is 4.79 Å². The van der Waals surface area contributed by atoms with Gasteiger partial charge in [-0.1, -0.05) is 25.0 Å². The summed E-state index contributed by atoms with van der Waals surface area (Å²) in [6.07, 6.45) is 7.56. The highest BCUT2D eigenvalue weighted by atomic mass is 16.4. The highest BCUT2D eigenvalue weighted by molar-refractivity contribution is 5.86. The van der Waals surface area contributed by atoms with Crippen LogP contribution in [0.1, 0.15) is 32.1 Å². The zero-order chi connectivity index (χ0) is 13.1. The highest BCUT2D eigenvalue weighted by Crippen LogP contribution is 2.24. The van der Waals surface area contributed by atoms with E-state index in [1.807, 2.05) is 12.2 Å². The first-order chi connectivity index (χ1) is 8.59. The summed E-state index contributed by atoms with van der Waals surface area (Å²) in [5.74, 6) is -1.20. The molecule has 0 bridgehead atoms. The van der Waals surface area contributed by atoms with Crippen LogP contribution < -0.4 is 5.73 Å². The molecule has 0 spiro atoms. The van der Waals surface area contributed by atoms with Crippen LogP contribution in [-0.2, 0) is 9.59 Å². The summed E-state index contributed by atoms with van der Waals surface area (Å²) >= 11 is 0. The van der Waals surface area contributed by atoms with Gasteiger partial charge in [0.2, 0.25) is 5.91 Å². The Labute approximate surface area is 107 Å². The molecule has 5 nitrogen and oxygen atoms in total. The van der Waals surface area contributed by atoms with E-state index in [9.17, 15) is 14.7 Å². The van der Waals surface area contributed by atoms with Gasteiger partial charge >= 0.3 is 5.97 Å². The third kappa shape index (κ3) is 2.72. The molecule has 1 amide bonds. The van der Waals surface area contributed by atoms with E-state index < -0.39 is 12.0 Å². The highest BCUT2D eigenvalue weighted by Gasteiger charge is 2.35. The Morgan fingerprint density at radius 3 is 2.61 bits per heavy atom. The SMILES string of the molecule is NC1C=CC(C(=O)N2CCCCCC2C(=O)O)C1. The van der Waals surface area contributed by atoms with Crippen LogP contribution in [0.3, 0.4) is 0 Å². The van der Waals surface area contributed by atoms with Crippen LogP contribution in [0.2, 0.25) is 0 Å². The summed E-state index contributed by atoms with van der Waals surface area (Å²) in [6, 6.07) is -0.737. The minimum absolute atomic E-state index is 0.0748. The molecule has 18 heavy (non-hydrogen) atoms. The average molecular weight is 252 g/mol. The maximum absolute atomic E-state index is 12.4. The molecule has 3 atom stereocenters. The number of carboxylic acids is 1. The molecule has 1 aliphatic carbocycles. The lowest BCUT2D eigenvalue weighted by molar-refractivity contribution is -0.151.